The third kappa shape index (κ3) is 5.07. The first kappa shape index (κ1) is 26.0. The maximum atomic E-state index is 13.3. The molecule has 5 nitrogen and oxygen atoms in total. The van der Waals surface area contributed by atoms with Crippen molar-refractivity contribution in [2.24, 2.45) is 5.41 Å². The van der Waals surface area contributed by atoms with Crippen LogP contribution in [0.15, 0.2) is 70.8 Å². The van der Waals surface area contributed by atoms with Crippen LogP contribution in [0.3, 0.4) is 0 Å². The minimum Gasteiger partial charge on any atom is -0.507 e. The highest BCUT2D eigenvalue weighted by atomic mass is 32.2. The molecule has 1 atom stereocenters. The number of aliphatic hydroxyl groups is 1. The molecule has 34 heavy (non-hydrogen) atoms. The number of benzene rings is 2. The Morgan fingerprint density at radius 3 is 2.06 bits per heavy atom. The summed E-state index contributed by atoms with van der Waals surface area (Å²) in [6, 6.07) is 15.7. The summed E-state index contributed by atoms with van der Waals surface area (Å²) in [5, 5.41) is 11.4. The largest absolute Gasteiger partial charge is 0.507 e. The van der Waals surface area contributed by atoms with Crippen LogP contribution in [-0.2, 0) is 25.1 Å². The molecule has 1 heterocycles. The second-order valence-corrected chi connectivity index (χ2v) is 12.2. The molecule has 1 unspecified atom stereocenters. The van der Waals surface area contributed by atoms with E-state index in [1.807, 2.05) is 46.8 Å². The Morgan fingerprint density at radius 1 is 0.941 bits per heavy atom. The van der Waals surface area contributed by atoms with E-state index >= 15 is 0 Å². The predicted molar refractivity (Wildman–Crippen MR) is 134 cm³/mol. The Labute approximate surface area is 203 Å². The van der Waals surface area contributed by atoms with Gasteiger partial charge in [0.25, 0.3) is 0 Å². The fourth-order valence-corrected chi connectivity index (χ4v) is 6.48. The Balaban J connectivity index is 2.16. The number of hydrogen-bond acceptors (Lipinski definition) is 5. The molecular weight excluding hydrogens is 448 g/mol. The first-order chi connectivity index (χ1) is 16.0. The lowest BCUT2D eigenvalue weighted by Crippen LogP contribution is -2.32. The minimum absolute atomic E-state index is 0.00171. The second kappa shape index (κ2) is 9.95. The van der Waals surface area contributed by atoms with E-state index in [1.165, 1.54) is 0 Å². The number of cyclic esters (lactones) is 1. The van der Waals surface area contributed by atoms with Gasteiger partial charge >= 0.3 is 5.97 Å². The fraction of sp³-hybridized carbons (Fsp3) is 0.464. The average Bonchev–Trinajstić information content (AvgIpc) is 2.99. The smallest absolute Gasteiger partial charge is 0.339 e. The Morgan fingerprint density at radius 2 is 1.50 bits per heavy atom. The third-order valence-corrected chi connectivity index (χ3v) is 8.15. The summed E-state index contributed by atoms with van der Waals surface area (Å²) < 4.78 is 32.3. The van der Waals surface area contributed by atoms with Crippen LogP contribution in [-0.4, -0.2) is 25.1 Å². The lowest BCUT2D eigenvalue weighted by Gasteiger charge is -2.33. The lowest BCUT2D eigenvalue weighted by molar-refractivity contribution is -0.150. The van der Waals surface area contributed by atoms with E-state index in [0.29, 0.717) is 18.4 Å². The van der Waals surface area contributed by atoms with Gasteiger partial charge in [-0.2, -0.15) is 0 Å². The highest BCUT2D eigenvalue weighted by Crippen LogP contribution is 2.50. The van der Waals surface area contributed by atoms with Crippen molar-refractivity contribution in [1.29, 1.82) is 0 Å². The van der Waals surface area contributed by atoms with E-state index < -0.39 is 32.7 Å². The molecule has 0 spiro atoms. The molecule has 1 aliphatic heterocycles. The molecule has 0 saturated carbocycles. The summed E-state index contributed by atoms with van der Waals surface area (Å²) in [6.07, 6.45) is 2.61. The average molecular weight is 485 g/mol. The Hall–Kier alpha value is -2.60. The number of rotatable bonds is 9. The number of hydrogen-bond donors (Lipinski definition) is 1. The quantitative estimate of drug-likeness (QED) is 0.411. The lowest BCUT2D eigenvalue weighted by atomic mass is 9.70. The molecule has 184 valence electrons. The summed E-state index contributed by atoms with van der Waals surface area (Å²) in [5.74, 6) is -1.24. The van der Waals surface area contributed by atoms with Gasteiger partial charge in [-0.1, -0.05) is 89.9 Å². The van der Waals surface area contributed by atoms with Crippen molar-refractivity contribution < 1.29 is 23.1 Å². The molecule has 0 aliphatic carbocycles. The van der Waals surface area contributed by atoms with Gasteiger partial charge in [0.15, 0.2) is 15.4 Å². The fourth-order valence-electron chi connectivity index (χ4n) is 5.07. The molecule has 0 saturated heterocycles. The van der Waals surface area contributed by atoms with Crippen LogP contribution in [0.2, 0.25) is 0 Å². The summed E-state index contributed by atoms with van der Waals surface area (Å²) >= 11 is 0. The molecule has 0 bridgehead atoms. The Kier molecular flexibility index (Phi) is 7.61. The molecule has 1 aliphatic rings. The van der Waals surface area contributed by atoms with E-state index in [9.17, 15) is 18.3 Å². The number of sulfone groups is 1. The molecule has 0 radical (unpaired) electrons. The maximum absolute atomic E-state index is 13.3. The van der Waals surface area contributed by atoms with Crippen LogP contribution in [0.1, 0.15) is 77.3 Å². The zero-order chi connectivity index (χ0) is 25.1. The monoisotopic (exact) mass is 484 g/mol. The van der Waals surface area contributed by atoms with Gasteiger partial charge in [0.2, 0.25) is 0 Å². The number of ether oxygens (including phenoxy) is 1. The first-order valence-corrected chi connectivity index (χ1v) is 13.6. The zero-order valence-corrected chi connectivity index (χ0v) is 21.6. The van der Waals surface area contributed by atoms with Crippen molar-refractivity contribution >= 4 is 15.8 Å². The van der Waals surface area contributed by atoms with Gasteiger partial charge in [-0.05, 0) is 41.5 Å². The number of carbonyl (C=O) groups excluding carboxylic acids is 1. The highest BCUT2D eigenvalue weighted by molar-refractivity contribution is 7.90. The van der Waals surface area contributed by atoms with Crippen LogP contribution < -0.4 is 0 Å². The van der Waals surface area contributed by atoms with Crippen molar-refractivity contribution in [3.63, 3.8) is 0 Å². The van der Waals surface area contributed by atoms with Gasteiger partial charge in [0, 0.05) is 5.92 Å². The van der Waals surface area contributed by atoms with Gasteiger partial charge in [-0.15, -0.1) is 0 Å². The van der Waals surface area contributed by atoms with E-state index in [1.54, 1.807) is 42.5 Å². The maximum Gasteiger partial charge on any atom is 0.339 e. The molecule has 2 aromatic carbocycles. The SMILES string of the molecule is CCCC1(CCC)OC(=O)C(C(c2ccccc2CS(=O)(=O)c2ccccc2)C(C)(C)C)=C1O. The van der Waals surface area contributed by atoms with Gasteiger partial charge in [-0.3, -0.25) is 0 Å². The van der Waals surface area contributed by atoms with Crippen molar-refractivity contribution in [2.45, 2.75) is 82.5 Å². The van der Waals surface area contributed by atoms with Crippen molar-refractivity contribution in [3.8, 4) is 0 Å². The van der Waals surface area contributed by atoms with Crippen molar-refractivity contribution in [2.75, 3.05) is 0 Å². The number of carbonyl (C=O) groups is 1. The zero-order valence-electron chi connectivity index (χ0n) is 20.8. The third-order valence-electron chi connectivity index (χ3n) is 6.47. The molecule has 1 N–H and O–H groups in total. The highest BCUT2D eigenvalue weighted by Gasteiger charge is 2.51. The number of aliphatic hydroxyl groups excluding tert-OH is 1. The van der Waals surface area contributed by atoms with Crippen molar-refractivity contribution in [3.05, 3.63) is 77.1 Å². The Bertz CT molecular complexity index is 1150. The van der Waals surface area contributed by atoms with Gasteiger partial charge in [-0.25, -0.2) is 13.2 Å². The predicted octanol–water partition coefficient (Wildman–Crippen LogP) is 6.50. The molecule has 0 aromatic heterocycles. The first-order valence-electron chi connectivity index (χ1n) is 12.0. The van der Waals surface area contributed by atoms with Gasteiger partial charge in [0.1, 0.15) is 5.76 Å². The molecule has 0 amide bonds. The molecular formula is C28H36O5S. The summed E-state index contributed by atoms with van der Waals surface area (Å²) in [7, 11) is -3.60. The molecule has 6 heteroatoms. The molecule has 0 fully saturated rings. The van der Waals surface area contributed by atoms with Gasteiger partial charge in [0.05, 0.1) is 16.2 Å². The summed E-state index contributed by atoms with van der Waals surface area (Å²) in [4.78, 5) is 13.5. The standard InChI is InChI=1S/C28H36O5S/c1-6-17-28(18-7-2)25(29)23(26(30)33-28)24(27(3,4)5)22-16-12-11-13-20(22)19-34(31,32)21-14-9-8-10-15-21/h8-16,24,29H,6-7,17-19H2,1-5H3. The summed E-state index contributed by atoms with van der Waals surface area (Å²) in [5.41, 5.74) is 0.0899. The normalized spacial score (nSPS) is 17.0. The second-order valence-electron chi connectivity index (χ2n) is 10.2. The van der Waals surface area contributed by atoms with E-state index in [0.717, 1.165) is 18.4 Å². The van der Waals surface area contributed by atoms with Gasteiger partial charge < -0.3 is 9.84 Å². The van der Waals surface area contributed by atoms with E-state index in [4.69, 9.17) is 4.74 Å². The van der Waals surface area contributed by atoms with Crippen LogP contribution >= 0.6 is 0 Å². The van der Waals surface area contributed by atoms with Crippen LogP contribution in [0, 0.1) is 5.41 Å². The van der Waals surface area contributed by atoms with Crippen LogP contribution in [0.25, 0.3) is 0 Å². The summed E-state index contributed by atoms with van der Waals surface area (Å²) in [6.45, 7) is 9.98. The van der Waals surface area contributed by atoms with E-state index in [2.05, 4.69) is 0 Å². The van der Waals surface area contributed by atoms with Crippen molar-refractivity contribution in [1.82, 2.24) is 0 Å². The topological polar surface area (TPSA) is 80.7 Å². The molecule has 2 aromatic rings. The van der Waals surface area contributed by atoms with Crippen LogP contribution in [0.5, 0.6) is 0 Å². The number of esters is 1. The minimum atomic E-state index is -3.60. The molecule has 3 rings (SSSR count). The van der Waals surface area contributed by atoms with E-state index in [-0.39, 0.29) is 22.0 Å². The van der Waals surface area contributed by atoms with Crippen LogP contribution in [0.4, 0.5) is 0 Å².